The van der Waals surface area contributed by atoms with Gasteiger partial charge in [0, 0.05) is 59.3 Å². The van der Waals surface area contributed by atoms with E-state index in [1.54, 1.807) is 89.7 Å². The van der Waals surface area contributed by atoms with Crippen LogP contribution < -0.4 is 42.5 Å². The maximum atomic E-state index is 14.9. The Hall–Kier alpha value is -8.16. The van der Waals surface area contributed by atoms with E-state index in [0.717, 1.165) is 11.1 Å². The number of nitrogens with zero attached hydrogens (tertiary/aromatic N) is 4. The lowest BCUT2D eigenvalue weighted by atomic mass is 9.89. The number of methoxy groups -OCH3 is 2. The Bertz CT molecular complexity index is 3110. The number of rotatable bonds is 38. The number of unbranched alkanes of at least 4 members (excludes halogenated alkanes) is 1. The van der Waals surface area contributed by atoms with E-state index in [1.165, 1.54) is 26.0 Å². The summed E-state index contributed by atoms with van der Waals surface area (Å²) >= 11 is 0. The van der Waals surface area contributed by atoms with Crippen molar-refractivity contribution in [3.8, 4) is 0 Å². The fourth-order valence-electron chi connectivity index (χ4n) is 12.5. The van der Waals surface area contributed by atoms with Crippen molar-refractivity contribution in [3.05, 3.63) is 95.6 Å². The molecule has 550 valence electrons. The van der Waals surface area contributed by atoms with Gasteiger partial charge in [-0.15, -0.1) is 0 Å². The Labute approximate surface area is 587 Å². The zero-order chi connectivity index (χ0) is 74.0. The zero-order valence-electron chi connectivity index (χ0n) is 61.9. The van der Waals surface area contributed by atoms with Gasteiger partial charge in [-0.25, -0.2) is 14.4 Å². The van der Waals surface area contributed by atoms with Crippen LogP contribution in [0.1, 0.15) is 152 Å². The lowest BCUT2D eigenvalue weighted by Gasteiger charge is -2.41. The van der Waals surface area contributed by atoms with Crippen molar-refractivity contribution in [1.82, 2.24) is 41.3 Å². The molecular formula is C74H115N11O14. The Morgan fingerprint density at radius 2 is 1.30 bits per heavy atom. The fraction of sp³-hybridized carbons (Fsp3) is 0.622. The van der Waals surface area contributed by atoms with Gasteiger partial charge < -0.3 is 66.4 Å². The molecule has 25 heteroatoms. The topological polar surface area (TPSA) is 319 Å². The Morgan fingerprint density at radius 3 is 1.86 bits per heavy atom. The standard InChI is InChI=1S/C74H115N11O14/c1-19-48(8)64(59(96-17)43-60(87)85-40-25-29-58(85)65(97-18)49(9)66(88)79-57(50(10)86)42-52-26-21-20-22-27-52)84(16)70(92)62(46(4)5)80-69(91)63(47(6)7)82(14)41-38-51-32-36-55(37-33-51)83(15)73(95)98-44-53-30-34-54(35-31-53)77-67(89)56(28-23-24-39-76-71(75)93)78-68(90)61(45(2)3)81-72(94)99-74(11,12)13/h20-22,26-27,30-37,45-49,56-59,61-65H,19,23-25,28-29,38-44H2,1-18H3,(H,77,89)(H,78,90)(H,79,88)(H,80,91)(H,81,94)(H3,75,76,93)/t48-,49+,56-,57-,58-,59+,61-,62-,63-,64-,65+/m0/s1. The molecule has 10 amide bonds. The molecule has 0 unspecified atom stereocenters. The molecule has 1 aliphatic heterocycles. The summed E-state index contributed by atoms with van der Waals surface area (Å²) in [5.74, 6) is -4.02. The number of likely N-dealkylation sites (N-methyl/N-ethyl adjacent to an activating group) is 2. The van der Waals surface area contributed by atoms with Gasteiger partial charge in [-0.1, -0.05) is 123 Å². The molecule has 0 radical (unpaired) electrons. The molecule has 1 saturated heterocycles. The Morgan fingerprint density at radius 1 is 0.687 bits per heavy atom. The number of hydrogen-bond donors (Lipinski definition) is 7. The van der Waals surface area contributed by atoms with Gasteiger partial charge in [0.05, 0.1) is 48.7 Å². The number of nitrogens with one attached hydrogen (secondary N) is 6. The predicted octanol–water partition coefficient (Wildman–Crippen LogP) is 8.15. The Kier molecular flexibility index (Phi) is 33.8. The molecule has 3 aromatic carbocycles. The number of nitrogens with two attached hydrogens (primary N) is 1. The first-order valence-corrected chi connectivity index (χ1v) is 34.8. The average Bonchev–Trinajstić information content (AvgIpc) is 1.80. The maximum absolute atomic E-state index is 14.9. The number of carbonyl (C=O) groups excluding carboxylic acids is 10. The quantitative estimate of drug-likeness (QED) is 0.0266. The van der Waals surface area contributed by atoms with Crippen LogP contribution in [0.5, 0.6) is 0 Å². The summed E-state index contributed by atoms with van der Waals surface area (Å²) in [6.45, 7) is 24.7. The molecule has 11 atom stereocenters. The molecule has 4 rings (SSSR count). The molecule has 25 nitrogen and oxygen atoms in total. The molecule has 1 aliphatic rings. The fourth-order valence-corrected chi connectivity index (χ4v) is 12.5. The molecule has 1 fully saturated rings. The smallest absolute Gasteiger partial charge is 0.414 e. The van der Waals surface area contributed by atoms with E-state index in [0.29, 0.717) is 75.0 Å². The van der Waals surface area contributed by atoms with Crippen LogP contribution in [0, 0.1) is 29.6 Å². The third kappa shape index (κ3) is 26.1. The lowest BCUT2D eigenvalue weighted by Crippen LogP contribution is -2.60. The Balaban J connectivity index is 1.35. The van der Waals surface area contributed by atoms with Gasteiger partial charge in [-0.05, 0) is 144 Å². The van der Waals surface area contributed by atoms with Gasteiger partial charge in [0.15, 0.2) is 5.78 Å². The molecule has 99 heavy (non-hydrogen) atoms. The van der Waals surface area contributed by atoms with Crippen molar-refractivity contribution < 1.29 is 66.9 Å². The predicted molar refractivity (Wildman–Crippen MR) is 382 cm³/mol. The number of alkyl carbamates (subject to hydrolysis) is 1. The molecule has 0 aromatic heterocycles. The van der Waals surface area contributed by atoms with Gasteiger partial charge in [-0.3, -0.25) is 43.4 Å². The number of urea groups is 1. The number of carbonyl (C=O) groups is 10. The highest BCUT2D eigenvalue weighted by Crippen LogP contribution is 2.31. The minimum absolute atomic E-state index is 0.0481. The normalized spacial score (nSPS) is 16.2. The van der Waals surface area contributed by atoms with Crippen molar-refractivity contribution in [2.75, 3.05) is 65.2 Å². The molecule has 1 heterocycles. The van der Waals surface area contributed by atoms with Crippen LogP contribution in [0.25, 0.3) is 0 Å². The summed E-state index contributed by atoms with van der Waals surface area (Å²) in [5, 5.41) is 16.8. The van der Waals surface area contributed by atoms with E-state index >= 15 is 0 Å². The number of benzene rings is 3. The monoisotopic (exact) mass is 1380 g/mol. The minimum Gasteiger partial charge on any atom is -0.444 e. The van der Waals surface area contributed by atoms with Crippen LogP contribution in [-0.2, 0) is 72.0 Å². The molecular weight excluding hydrogens is 1270 g/mol. The molecule has 0 saturated carbocycles. The van der Waals surface area contributed by atoms with Crippen LogP contribution in [0.15, 0.2) is 78.9 Å². The van der Waals surface area contributed by atoms with Crippen LogP contribution in [0.2, 0.25) is 0 Å². The first kappa shape index (κ1) is 83.3. The number of primary amides is 1. The van der Waals surface area contributed by atoms with Crippen molar-refractivity contribution >= 4 is 70.8 Å². The summed E-state index contributed by atoms with van der Waals surface area (Å²) in [7, 11) is 8.25. The summed E-state index contributed by atoms with van der Waals surface area (Å²) in [5.41, 5.74) is 7.91. The maximum Gasteiger partial charge on any atom is 0.414 e. The summed E-state index contributed by atoms with van der Waals surface area (Å²) in [6, 6.07) is 17.7. The van der Waals surface area contributed by atoms with E-state index in [-0.39, 0.29) is 79.1 Å². The van der Waals surface area contributed by atoms with Gasteiger partial charge >= 0.3 is 18.2 Å². The highest BCUT2D eigenvalue weighted by molar-refractivity contribution is 5.98. The number of hydrogen-bond acceptors (Lipinski definition) is 15. The van der Waals surface area contributed by atoms with Gasteiger partial charge in [0.1, 0.15) is 30.3 Å². The van der Waals surface area contributed by atoms with Gasteiger partial charge in [-0.2, -0.15) is 0 Å². The van der Waals surface area contributed by atoms with Crippen LogP contribution >= 0.6 is 0 Å². The first-order chi connectivity index (χ1) is 46.6. The minimum atomic E-state index is -1.01. The molecule has 3 aromatic rings. The van der Waals surface area contributed by atoms with Crippen molar-refractivity contribution in [2.24, 2.45) is 35.3 Å². The number of anilines is 2. The van der Waals surface area contributed by atoms with E-state index in [2.05, 4.69) is 31.9 Å². The highest BCUT2D eigenvalue weighted by Gasteiger charge is 2.44. The van der Waals surface area contributed by atoms with E-state index < -0.39 is 96.1 Å². The number of ether oxygens (including phenoxy) is 4. The molecule has 0 spiro atoms. The van der Waals surface area contributed by atoms with Gasteiger partial charge in [0.2, 0.25) is 35.4 Å². The average molecular weight is 1380 g/mol. The summed E-state index contributed by atoms with van der Waals surface area (Å²) < 4.78 is 23.2. The summed E-state index contributed by atoms with van der Waals surface area (Å²) in [4.78, 5) is 142. The molecule has 0 bridgehead atoms. The molecule has 8 N–H and O–H groups in total. The lowest BCUT2D eigenvalue weighted by molar-refractivity contribution is -0.148. The number of ketones is 1. The first-order valence-electron chi connectivity index (χ1n) is 34.8. The van der Waals surface area contributed by atoms with Crippen molar-refractivity contribution in [1.29, 1.82) is 0 Å². The second kappa shape index (κ2) is 40.2. The molecule has 0 aliphatic carbocycles. The largest absolute Gasteiger partial charge is 0.444 e. The third-order valence-corrected chi connectivity index (χ3v) is 18.4. The SMILES string of the molecule is CC[C@H](C)[C@@H]([C@@H](CC(=O)N1CCC[C@H]1[C@H](OC)[C@@H](C)C(=O)N[C@@H](Cc1ccccc1)C(C)=O)OC)N(C)C(=O)[C@@H](NC(=O)[C@H](C(C)C)N(C)CCc1ccc(N(C)C(=O)OCc2ccc(NC(=O)[C@H](CCCCNC(N)=O)NC(=O)[C@@H](NC(=O)OC(C)(C)C)C(C)C)cc2)cc1)C(C)C. The number of Topliss-reactive ketones (excluding diaryl/α,β-unsaturated/α-hetero) is 1. The summed E-state index contributed by atoms with van der Waals surface area (Å²) in [6.07, 6.45) is 1.20. The van der Waals surface area contributed by atoms with Crippen LogP contribution in [0.4, 0.5) is 25.8 Å². The van der Waals surface area contributed by atoms with Crippen molar-refractivity contribution in [2.45, 2.75) is 215 Å². The van der Waals surface area contributed by atoms with Crippen molar-refractivity contribution in [3.63, 3.8) is 0 Å². The van der Waals surface area contributed by atoms with E-state index in [1.807, 2.05) is 108 Å². The number of likely N-dealkylation sites (tertiary alicyclic amines) is 1. The highest BCUT2D eigenvalue weighted by atomic mass is 16.6. The van der Waals surface area contributed by atoms with E-state index in [9.17, 15) is 47.9 Å². The van der Waals surface area contributed by atoms with Gasteiger partial charge in [0.25, 0.3) is 0 Å². The number of amides is 10. The second-order valence-corrected chi connectivity index (χ2v) is 28.3. The zero-order valence-corrected chi connectivity index (χ0v) is 61.9. The third-order valence-electron chi connectivity index (χ3n) is 18.4. The van der Waals surface area contributed by atoms with Crippen LogP contribution in [-0.4, -0.2) is 189 Å². The van der Waals surface area contributed by atoms with Crippen LogP contribution in [0.3, 0.4) is 0 Å². The van der Waals surface area contributed by atoms with E-state index in [4.69, 9.17) is 24.7 Å². The second-order valence-electron chi connectivity index (χ2n) is 28.3.